The molecule has 0 aliphatic rings. The van der Waals surface area contributed by atoms with Crippen LogP contribution in [-0.2, 0) is 0 Å². The fourth-order valence-corrected chi connectivity index (χ4v) is 1.63. The lowest BCUT2D eigenvalue weighted by Crippen LogP contribution is -2.35. The molecule has 0 aliphatic heterocycles. The van der Waals surface area contributed by atoms with Crippen molar-refractivity contribution >= 4 is 11.7 Å². The minimum absolute atomic E-state index is 0.106. The lowest BCUT2D eigenvalue weighted by atomic mass is 10.3. The second-order valence-corrected chi connectivity index (χ2v) is 4.85. The number of rotatable bonds is 5. The van der Waals surface area contributed by atoms with Crippen molar-refractivity contribution in [2.24, 2.45) is 0 Å². The quantitative estimate of drug-likeness (QED) is 0.879. The van der Waals surface area contributed by atoms with Gasteiger partial charge >= 0.3 is 6.03 Å². The highest BCUT2D eigenvalue weighted by atomic mass is 19.1. The van der Waals surface area contributed by atoms with Crippen LogP contribution in [0.1, 0.15) is 20.3 Å². The number of nitrogens with one attached hydrogen (secondary N) is 2. The van der Waals surface area contributed by atoms with Gasteiger partial charge in [-0.15, -0.1) is 0 Å². The molecular formula is C16H18FN3O2. The summed E-state index contributed by atoms with van der Waals surface area (Å²) in [4.78, 5) is 15.8. The van der Waals surface area contributed by atoms with Crippen molar-refractivity contribution in [2.45, 2.75) is 26.3 Å². The number of halogens is 1. The van der Waals surface area contributed by atoms with Crippen molar-refractivity contribution < 1.29 is 13.9 Å². The van der Waals surface area contributed by atoms with Gasteiger partial charge in [0.25, 0.3) is 0 Å². The molecule has 2 rings (SSSR count). The van der Waals surface area contributed by atoms with Crippen LogP contribution in [0, 0.1) is 5.82 Å². The Balaban J connectivity index is 1.92. The highest BCUT2D eigenvalue weighted by molar-refractivity contribution is 5.89. The number of amides is 2. The molecule has 0 saturated carbocycles. The number of nitrogens with zero attached hydrogens (tertiary/aromatic N) is 1. The molecule has 1 heterocycles. The third-order valence-corrected chi connectivity index (χ3v) is 3.02. The number of carbonyl (C=O) groups is 1. The first-order valence-electron chi connectivity index (χ1n) is 7.04. The molecule has 0 fully saturated rings. The Morgan fingerprint density at radius 3 is 2.59 bits per heavy atom. The first-order valence-corrected chi connectivity index (χ1v) is 7.04. The van der Waals surface area contributed by atoms with E-state index in [2.05, 4.69) is 15.6 Å². The largest absolute Gasteiger partial charge is 0.439 e. The van der Waals surface area contributed by atoms with E-state index < -0.39 is 0 Å². The van der Waals surface area contributed by atoms with Gasteiger partial charge in [0.2, 0.25) is 5.88 Å². The molecule has 2 N–H and O–H groups in total. The van der Waals surface area contributed by atoms with Crippen molar-refractivity contribution in [3.05, 3.63) is 48.4 Å². The zero-order chi connectivity index (χ0) is 15.9. The number of pyridine rings is 1. The maximum absolute atomic E-state index is 12.8. The number of hydrogen-bond donors (Lipinski definition) is 2. The molecule has 0 saturated heterocycles. The zero-order valence-electron chi connectivity index (χ0n) is 12.5. The van der Waals surface area contributed by atoms with Gasteiger partial charge in [-0.3, -0.25) is 0 Å². The SMILES string of the molecule is CC[C@@H](C)NC(=O)Nc1ccc(Oc2ccc(F)cc2)nc1. The smallest absolute Gasteiger partial charge is 0.319 e. The monoisotopic (exact) mass is 303 g/mol. The molecule has 1 aromatic heterocycles. The highest BCUT2D eigenvalue weighted by Gasteiger charge is 2.06. The summed E-state index contributed by atoms with van der Waals surface area (Å²) in [5, 5.41) is 5.48. The van der Waals surface area contributed by atoms with Crippen LogP contribution >= 0.6 is 0 Å². The van der Waals surface area contributed by atoms with E-state index in [4.69, 9.17) is 4.74 Å². The third-order valence-electron chi connectivity index (χ3n) is 3.02. The van der Waals surface area contributed by atoms with Crippen LogP contribution in [-0.4, -0.2) is 17.1 Å². The van der Waals surface area contributed by atoms with Gasteiger partial charge in [0.1, 0.15) is 11.6 Å². The highest BCUT2D eigenvalue weighted by Crippen LogP contribution is 2.20. The van der Waals surface area contributed by atoms with Crippen LogP contribution in [0.2, 0.25) is 0 Å². The molecule has 0 aliphatic carbocycles. The standard InChI is InChI=1S/C16H18FN3O2/c1-3-11(2)19-16(21)20-13-6-9-15(18-10-13)22-14-7-4-12(17)5-8-14/h4-11H,3H2,1-2H3,(H2,19,20,21)/t11-/m1/s1. The fraction of sp³-hybridized carbons (Fsp3) is 0.250. The Kier molecular flexibility index (Phi) is 5.30. The average molecular weight is 303 g/mol. The summed E-state index contributed by atoms with van der Waals surface area (Å²) in [6.45, 7) is 3.92. The van der Waals surface area contributed by atoms with Crippen molar-refractivity contribution in [2.75, 3.05) is 5.32 Å². The normalized spacial score (nSPS) is 11.6. The Labute approximate surface area is 128 Å². The molecule has 6 heteroatoms. The van der Waals surface area contributed by atoms with Gasteiger partial charge in [-0.05, 0) is 43.7 Å². The van der Waals surface area contributed by atoms with E-state index in [0.717, 1.165) is 6.42 Å². The summed E-state index contributed by atoms with van der Waals surface area (Å²) >= 11 is 0. The van der Waals surface area contributed by atoms with Gasteiger partial charge in [0, 0.05) is 12.1 Å². The summed E-state index contributed by atoms with van der Waals surface area (Å²) in [5.74, 6) is 0.524. The van der Waals surface area contributed by atoms with E-state index in [1.165, 1.54) is 30.5 Å². The Morgan fingerprint density at radius 1 is 1.27 bits per heavy atom. The van der Waals surface area contributed by atoms with E-state index >= 15 is 0 Å². The van der Waals surface area contributed by atoms with E-state index in [0.29, 0.717) is 17.3 Å². The van der Waals surface area contributed by atoms with Gasteiger partial charge in [0.05, 0.1) is 11.9 Å². The molecule has 116 valence electrons. The molecule has 0 spiro atoms. The van der Waals surface area contributed by atoms with Crippen molar-refractivity contribution in [1.82, 2.24) is 10.3 Å². The predicted octanol–water partition coefficient (Wildman–Crippen LogP) is 3.93. The minimum atomic E-state index is -0.327. The third kappa shape index (κ3) is 4.73. The molecule has 5 nitrogen and oxygen atoms in total. The molecule has 0 unspecified atom stereocenters. The molecule has 22 heavy (non-hydrogen) atoms. The summed E-state index contributed by atoms with van der Waals surface area (Å²) in [5.41, 5.74) is 0.562. The molecule has 0 bridgehead atoms. The van der Waals surface area contributed by atoms with Crippen molar-refractivity contribution in [3.63, 3.8) is 0 Å². The molecule has 2 amide bonds. The lowest BCUT2D eigenvalue weighted by molar-refractivity contribution is 0.249. The maximum atomic E-state index is 12.8. The van der Waals surface area contributed by atoms with Crippen molar-refractivity contribution in [1.29, 1.82) is 0 Å². The van der Waals surface area contributed by atoms with Crippen LogP contribution in [0.3, 0.4) is 0 Å². The number of hydrogen-bond acceptors (Lipinski definition) is 3. The average Bonchev–Trinajstić information content (AvgIpc) is 2.51. The Bertz CT molecular complexity index is 614. The Morgan fingerprint density at radius 2 is 2.00 bits per heavy atom. The van der Waals surface area contributed by atoms with Crippen LogP contribution in [0.25, 0.3) is 0 Å². The summed E-state index contributed by atoms with van der Waals surface area (Å²) in [6, 6.07) is 8.79. The van der Waals surface area contributed by atoms with Gasteiger partial charge in [0.15, 0.2) is 0 Å². The van der Waals surface area contributed by atoms with Crippen LogP contribution in [0.15, 0.2) is 42.6 Å². The first kappa shape index (κ1) is 15.8. The fourth-order valence-electron chi connectivity index (χ4n) is 1.63. The molecular weight excluding hydrogens is 285 g/mol. The van der Waals surface area contributed by atoms with E-state index in [1.807, 2.05) is 13.8 Å². The number of ether oxygens (including phenoxy) is 1. The predicted molar refractivity (Wildman–Crippen MR) is 82.6 cm³/mol. The summed E-state index contributed by atoms with van der Waals surface area (Å²) in [6.07, 6.45) is 2.35. The van der Waals surface area contributed by atoms with E-state index in [1.54, 1.807) is 12.1 Å². The number of aromatic nitrogens is 1. The minimum Gasteiger partial charge on any atom is -0.439 e. The first-order chi connectivity index (χ1) is 10.6. The van der Waals surface area contributed by atoms with Crippen LogP contribution in [0.5, 0.6) is 11.6 Å². The summed E-state index contributed by atoms with van der Waals surface area (Å²) < 4.78 is 18.3. The Hall–Kier alpha value is -2.63. The number of urea groups is 1. The molecule has 0 radical (unpaired) electrons. The molecule has 1 atom stereocenters. The molecule has 2 aromatic rings. The zero-order valence-corrected chi connectivity index (χ0v) is 12.5. The number of anilines is 1. The van der Waals surface area contributed by atoms with Crippen LogP contribution < -0.4 is 15.4 Å². The molecule has 1 aromatic carbocycles. The number of carbonyl (C=O) groups excluding carboxylic acids is 1. The van der Waals surface area contributed by atoms with Gasteiger partial charge in [-0.1, -0.05) is 6.92 Å². The van der Waals surface area contributed by atoms with E-state index in [9.17, 15) is 9.18 Å². The van der Waals surface area contributed by atoms with Gasteiger partial charge in [-0.25, -0.2) is 14.2 Å². The summed E-state index contributed by atoms with van der Waals surface area (Å²) in [7, 11) is 0. The van der Waals surface area contributed by atoms with Gasteiger partial charge < -0.3 is 15.4 Å². The lowest BCUT2D eigenvalue weighted by Gasteiger charge is -2.12. The second kappa shape index (κ2) is 7.40. The number of benzene rings is 1. The maximum Gasteiger partial charge on any atom is 0.319 e. The van der Waals surface area contributed by atoms with E-state index in [-0.39, 0.29) is 17.9 Å². The van der Waals surface area contributed by atoms with Crippen molar-refractivity contribution in [3.8, 4) is 11.6 Å². The van der Waals surface area contributed by atoms with Crippen LogP contribution in [0.4, 0.5) is 14.9 Å². The van der Waals surface area contributed by atoms with Gasteiger partial charge in [-0.2, -0.15) is 0 Å². The topological polar surface area (TPSA) is 63.2 Å². The second-order valence-electron chi connectivity index (χ2n) is 4.85.